The molecule has 2 heterocycles. The Balaban J connectivity index is 1.13. The molecular weight excluding hydrogens is 665 g/mol. The molecule has 2 fully saturated rings. The van der Waals surface area contributed by atoms with Gasteiger partial charge in [-0.15, -0.1) is 11.8 Å². The first-order valence-corrected chi connectivity index (χ1v) is 18.4. The highest BCUT2D eigenvalue weighted by molar-refractivity contribution is 7.99. The summed E-state index contributed by atoms with van der Waals surface area (Å²) >= 11 is 1.40. The van der Waals surface area contributed by atoms with Crippen LogP contribution in [0.5, 0.6) is 0 Å². The second-order valence-corrected chi connectivity index (χ2v) is 15.6. The largest absolute Gasteiger partial charge is 0.756 e. The van der Waals surface area contributed by atoms with Crippen LogP contribution in [0.2, 0.25) is 0 Å². The lowest BCUT2D eigenvalue weighted by molar-refractivity contribution is -0.252. The molecule has 3 aromatic rings. The Hall–Kier alpha value is -1.78. The summed E-state index contributed by atoms with van der Waals surface area (Å²) < 4.78 is 59.3. The van der Waals surface area contributed by atoms with Crippen LogP contribution in [0.25, 0.3) is 10.8 Å². The Morgan fingerprint density at radius 1 is 0.932 bits per heavy atom. The molecule has 4 unspecified atom stereocenters. The molecule has 1 aromatic heterocycles. The summed E-state index contributed by atoms with van der Waals surface area (Å²) in [4.78, 5) is 52.7. The zero-order valence-electron chi connectivity index (χ0n) is 22.6. The van der Waals surface area contributed by atoms with Crippen molar-refractivity contribution < 1.29 is 61.0 Å². The number of phosphoric acid groups is 3. The minimum Gasteiger partial charge on any atom is -0.756 e. The van der Waals surface area contributed by atoms with Crippen molar-refractivity contribution in [2.45, 2.75) is 49.0 Å². The summed E-state index contributed by atoms with van der Waals surface area (Å²) in [5.74, 6) is 1.39. The Bertz CT molecular complexity index is 1700. The topological polar surface area (TPSA) is 242 Å². The van der Waals surface area contributed by atoms with Gasteiger partial charge in [0.05, 0.1) is 13.2 Å². The Labute approximate surface area is 254 Å². The lowest BCUT2D eigenvalue weighted by Gasteiger charge is -2.34. The number of benzene rings is 2. The van der Waals surface area contributed by atoms with Crippen molar-refractivity contribution in [3.63, 3.8) is 0 Å². The van der Waals surface area contributed by atoms with Crippen molar-refractivity contribution in [2.75, 3.05) is 12.4 Å². The second-order valence-electron chi connectivity index (χ2n) is 10.0. The molecule has 1 aliphatic heterocycles. The summed E-state index contributed by atoms with van der Waals surface area (Å²) in [6, 6.07) is 13.5. The molecule has 0 spiro atoms. The van der Waals surface area contributed by atoms with Gasteiger partial charge in [0, 0.05) is 11.9 Å². The van der Waals surface area contributed by atoms with Crippen LogP contribution in [-0.2, 0) is 42.7 Å². The van der Waals surface area contributed by atoms with E-state index in [1.807, 2.05) is 6.07 Å². The third-order valence-electron chi connectivity index (χ3n) is 6.58. The van der Waals surface area contributed by atoms with Crippen molar-refractivity contribution in [2.24, 2.45) is 5.92 Å². The lowest BCUT2D eigenvalue weighted by atomic mass is 10.1. The predicted molar refractivity (Wildman–Crippen MR) is 148 cm³/mol. The highest BCUT2D eigenvalue weighted by atomic mass is 32.2. The van der Waals surface area contributed by atoms with E-state index in [9.17, 15) is 43.4 Å². The number of rotatable bonds is 14. The van der Waals surface area contributed by atoms with E-state index in [1.54, 1.807) is 30.3 Å². The van der Waals surface area contributed by atoms with Gasteiger partial charge in [-0.3, -0.25) is 18.3 Å². The number of hydrogen-bond donors (Lipinski definition) is 2. The molecule has 2 N–H and O–H groups in total. The van der Waals surface area contributed by atoms with Gasteiger partial charge in [0.25, 0.3) is 23.5 Å². The van der Waals surface area contributed by atoms with E-state index in [0.717, 1.165) is 33.9 Å². The van der Waals surface area contributed by atoms with E-state index in [1.165, 1.54) is 30.1 Å². The van der Waals surface area contributed by atoms with E-state index in [-0.39, 0.29) is 0 Å². The van der Waals surface area contributed by atoms with Crippen LogP contribution in [0, 0.1) is 5.92 Å². The lowest BCUT2D eigenvalue weighted by Crippen LogP contribution is -2.36. The number of aliphatic hydroxyl groups is 2. The van der Waals surface area contributed by atoms with Gasteiger partial charge in [0.2, 0.25) is 0 Å². The van der Waals surface area contributed by atoms with Gasteiger partial charge in [0.15, 0.2) is 6.23 Å². The van der Waals surface area contributed by atoms with Crippen LogP contribution in [0.15, 0.2) is 64.5 Å². The number of phosphoric ester groups is 2. The van der Waals surface area contributed by atoms with Gasteiger partial charge < -0.3 is 38.7 Å². The molecule has 44 heavy (non-hydrogen) atoms. The number of nitrogens with zero attached hydrogens (tertiary/aromatic N) is 2. The molecule has 7 atom stereocenters. The summed E-state index contributed by atoms with van der Waals surface area (Å²) in [6.45, 7) is -1.71. The highest BCUT2D eigenvalue weighted by Crippen LogP contribution is 2.63. The number of aromatic nitrogens is 2. The van der Waals surface area contributed by atoms with Gasteiger partial charge in [-0.05, 0) is 47.2 Å². The van der Waals surface area contributed by atoms with E-state index >= 15 is 0 Å². The normalized spacial score (nSPS) is 26.2. The molecule has 5 rings (SSSR count). The van der Waals surface area contributed by atoms with Crippen molar-refractivity contribution in [1.29, 1.82) is 0 Å². The highest BCUT2D eigenvalue weighted by Gasteiger charge is 2.45. The number of fused-ring (bicyclic) bond motifs is 1. The maximum Gasteiger partial charge on any atom is 0.350 e. The van der Waals surface area contributed by atoms with Crippen LogP contribution < -0.4 is 20.4 Å². The molecule has 16 nitrogen and oxygen atoms in total. The van der Waals surface area contributed by atoms with Gasteiger partial charge in [0.1, 0.15) is 23.3 Å². The first kappa shape index (κ1) is 33.6. The van der Waals surface area contributed by atoms with Gasteiger partial charge in [-0.25, -0.2) is 13.4 Å². The standard InChI is InChI=1S/C24H29N2O14P3S/c27-21-19(38-23(22(21)28)26-10-9-20(25-24(26)29)44-14-15-5-6-15)13-37-42(32,33)40-43(34,35)39-41(30,31)36-12-16-7-8-17-3-1-2-4-18(17)11-16/h1-4,7-11,15,19,21-23,27-28H,5-6,12-14H2,(H,30,31)(H,32,33)(H,34,35)/p-3/t19-,21+,22?,23-/m1/s1. The van der Waals surface area contributed by atoms with Crippen LogP contribution >= 0.6 is 35.2 Å². The van der Waals surface area contributed by atoms with Crippen LogP contribution in [0.1, 0.15) is 24.6 Å². The SMILES string of the molecule is O=c1nc(SCC2CC2)ccn1[C@@H]1O[C@H](COP(=O)([O-])OP(=O)([O-])OP(=O)([O-])OCc2ccc3ccccc3c2)[C@H](O)C1O. The minimum atomic E-state index is -6.12. The Kier molecular flexibility index (Phi) is 10.3. The first-order valence-electron chi connectivity index (χ1n) is 13.1. The van der Waals surface area contributed by atoms with Gasteiger partial charge >= 0.3 is 5.69 Å². The molecule has 240 valence electrons. The van der Waals surface area contributed by atoms with E-state index in [4.69, 9.17) is 4.74 Å². The average molecular weight is 691 g/mol. The predicted octanol–water partition coefficient (Wildman–Crippen LogP) is 1.19. The Morgan fingerprint density at radius 2 is 1.61 bits per heavy atom. The number of aliphatic hydroxyl groups excluding tert-OH is 2. The molecule has 20 heteroatoms. The summed E-state index contributed by atoms with van der Waals surface area (Å²) in [7, 11) is -17.6. The fourth-order valence-electron chi connectivity index (χ4n) is 4.21. The summed E-state index contributed by atoms with van der Waals surface area (Å²) in [5.41, 5.74) is -0.448. The molecule has 0 radical (unpaired) electrons. The molecule has 1 aliphatic carbocycles. The second kappa shape index (κ2) is 13.5. The van der Waals surface area contributed by atoms with Gasteiger partial charge in [-0.1, -0.05) is 36.4 Å². The van der Waals surface area contributed by atoms with Crippen LogP contribution in [-0.4, -0.2) is 50.4 Å². The zero-order valence-corrected chi connectivity index (χ0v) is 26.1. The van der Waals surface area contributed by atoms with Crippen LogP contribution in [0.4, 0.5) is 0 Å². The van der Waals surface area contributed by atoms with Crippen LogP contribution in [0.3, 0.4) is 0 Å². The molecule has 0 amide bonds. The first-order chi connectivity index (χ1) is 20.7. The van der Waals surface area contributed by atoms with Gasteiger partial charge in [-0.2, -0.15) is 4.98 Å². The minimum absolute atomic E-state index is 0.347. The van der Waals surface area contributed by atoms with Crippen molar-refractivity contribution in [1.82, 2.24) is 9.55 Å². The van der Waals surface area contributed by atoms with E-state index in [0.29, 0.717) is 16.5 Å². The molecule has 1 saturated carbocycles. The third kappa shape index (κ3) is 8.93. The summed E-state index contributed by atoms with van der Waals surface area (Å²) in [5, 5.41) is 22.8. The van der Waals surface area contributed by atoms with Crippen molar-refractivity contribution in [3.05, 3.63) is 70.8 Å². The maximum atomic E-state index is 12.5. The molecule has 2 aliphatic rings. The molecule has 1 saturated heterocycles. The zero-order chi connectivity index (χ0) is 31.7. The quantitative estimate of drug-likeness (QED) is 0.137. The molecular formula is C24H26N2O14P3S-3. The number of hydrogen-bond acceptors (Lipinski definition) is 16. The van der Waals surface area contributed by atoms with E-state index < -0.39 is 66.9 Å². The monoisotopic (exact) mass is 691 g/mol. The smallest absolute Gasteiger partial charge is 0.350 e. The van der Waals surface area contributed by atoms with Crippen molar-refractivity contribution >= 4 is 46.0 Å². The summed E-state index contributed by atoms with van der Waals surface area (Å²) in [6.07, 6.45) is -3.03. The van der Waals surface area contributed by atoms with Crippen molar-refractivity contribution in [3.8, 4) is 0 Å². The van der Waals surface area contributed by atoms with E-state index in [2.05, 4.69) is 22.7 Å². The molecule has 0 bridgehead atoms. The number of ether oxygens (including phenoxy) is 1. The number of thioether (sulfide) groups is 1. The maximum absolute atomic E-state index is 12.5. The fourth-order valence-corrected chi connectivity index (χ4v) is 8.61. The Morgan fingerprint density at radius 3 is 2.30 bits per heavy atom. The molecule has 2 aromatic carbocycles. The average Bonchev–Trinajstić information content (AvgIpc) is 3.74. The third-order valence-corrected chi connectivity index (χ3v) is 11.9. The fraction of sp³-hybridized carbons (Fsp3) is 0.417.